The second-order valence-electron chi connectivity index (χ2n) is 10.8. The smallest absolute Gasteiger partial charge is 0.233 e. The lowest BCUT2D eigenvalue weighted by Crippen LogP contribution is -2.47. The van der Waals surface area contributed by atoms with Crippen LogP contribution in [0.1, 0.15) is 89.9 Å². The fraction of sp³-hybridized carbons (Fsp3) is 0.880. The Morgan fingerprint density at radius 2 is 1.59 bits per heavy atom. The summed E-state index contributed by atoms with van der Waals surface area (Å²) in [7, 11) is 0. The average Bonchev–Trinajstić information content (AvgIpc) is 3.09. The molecule has 3 saturated carbocycles. The van der Waals surface area contributed by atoms with Crippen LogP contribution < -0.4 is 0 Å². The van der Waals surface area contributed by atoms with Crippen molar-refractivity contribution in [3.05, 3.63) is 10.1 Å². The third kappa shape index (κ3) is 5.58. The average molecular weight is 496 g/mol. The Bertz CT molecular complexity index is 761. The van der Waals surface area contributed by atoms with Crippen LogP contribution in [0.5, 0.6) is 0 Å². The number of unbranched alkanes of at least 4 members (excludes halogenated alkanes) is 1. The SMILES string of the molecule is O=C1C2CCCCC2C(=O)N1CCCCN(C(=O)C1CCCC([N+](=O)[O-])C1)C1CCC(Cl)CC1. The lowest BCUT2D eigenvalue weighted by molar-refractivity contribution is -0.527. The largest absolute Gasteiger partial charge is 0.339 e. The summed E-state index contributed by atoms with van der Waals surface area (Å²) >= 11 is 6.30. The zero-order valence-corrected chi connectivity index (χ0v) is 20.8. The molecule has 4 unspecified atom stereocenters. The summed E-state index contributed by atoms with van der Waals surface area (Å²) < 4.78 is 0. The van der Waals surface area contributed by atoms with Crippen LogP contribution in [0.2, 0.25) is 0 Å². The maximum Gasteiger partial charge on any atom is 0.233 e. The van der Waals surface area contributed by atoms with Gasteiger partial charge >= 0.3 is 0 Å². The molecule has 0 aromatic rings. The number of carbonyl (C=O) groups excluding carboxylic acids is 3. The lowest BCUT2D eigenvalue weighted by Gasteiger charge is -2.38. The first kappa shape index (κ1) is 25.4. The number of carbonyl (C=O) groups is 3. The number of halogens is 1. The summed E-state index contributed by atoms with van der Waals surface area (Å²) in [6, 6.07) is -0.504. The van der Waals surface area contributed by atoms with E-state index in [1.54, 1.807) is 0 Å². The lowest BCUT2D eigenvalue weighted by atomic mass is 9.81. The summed E-state index contributed by atoms with van der Waals surface area (Å²) in [5.41, 5.74) is 0. The van der Waals surface area contributed by atoms with E-state index in [1.807, 2.05) is 4.90 Å². The topological polar surface area (TPSA) is 101 Å². The highest BCUT2D eigenvalue weighted by atomic mass is 35.5. The Morgan fingerprint density at radius 1 is 0.941 bits per heavy atom. The zero-order valence-electron chi connectivity index (χ0n) is 20.0. The van der Waals surface area contributed by atoms with Gasteiger partial charge in [-0.2, -0.15) is 0 Å². The molecule has 0 radical (unpaired) electrons. The molecule has 4 rings (SSSR count). The molecule has 3 aliphatic carbocycles. The maximum atomic E-state index is 13.5. The van der Waals surface area contributed by atoms with Crippen molar-refractivity contribution in [3.8, 4) is 0 Å². The highest BCUT2D eigenvalue weighted by molar-refractivity contribution is 6.20. The van der Waals surface area contributed by atoms with E-state index in [9.17, 15) is 24.5 Å². The van der Waals surface area contributed by atoms with E-state index in [1.165, 1.54) is 4.90 Å². The van der Waals surface area contributed by atoms with E-state index in [0.29, 0.717) is 51.6 Å². The Labute approximate surface area is 206 Å². The van der Waals surface area contributed by atoms with Gasteiger partial charge in [-0.25, -0.2) is 0 Å². The number of nitrogens with zero attached hydrogens (tertiary/aromatic N) is 3. The fourth-order valence-corrected chi connectivity index (χ4v) is 6.89. The number of imide groups is 1. The zero-order chi connectivity index (χ0) is 24.2. The number of hydrogen-bond acceptors (Lipinski definition) is 5. The Morgan fingerprint density at radius 3 is 2.21 bits per heavy atom. The molecule has 0 N–H and O–H groups in total. The van der Waals surface area contributed by atoms with Gasteiger partial charge in [0.25, 0.3) is 0 Å². The van der Waals surface area contributed by atoms with Crippen molar-refractivity contribution in [2.75, 3.05) is 13.1 Å². The minimum Gasteiger partial charge on any atom is -0.339 e. The number of likely N-dealkylation sites (tertiary alicyclic amines) is 1. The van der Waals surface area contributed by atoms with Gasteiger partial charge in [0.05, 0.1) is 11.8 Å². The molecule has 1 saturated heterocycles. The van der Waals surface area contributed by atoms with Gasteiger partial charge in [0.1, 0.15) is 0 Å². The summed E-state index contributed by atoms with van der Waals surface area (Å²) in [5.74, 6) is -0.490. The van der Waals surface area contributed by atoms with Gasteiger partial charge in [0.15, 0.2) is 0 Å². The summed E-state index contributed by atoms with van der Waals surface area (Å²) in [4.78, 5) is 53.5. The third-order valence-electron chi connectivity index (χ3n) is 8.61. The number of hydrogen-bond donors (Lipinski definition) is 0. The van der Waals surface area contributed by atoms with Gasteiger partial charge in [-0.3, -0.25) is 29.4 Å². The van der Waals surface area contributed by atoms with E-state index in [2.05, 4.69) is 0 Å². The van der Waals surface area contributed by atoms with E-state index in [-0.39, 0.29) is 51.8 Å². The minimum absolute atomic E-state index is 0.00362. The van der Waals surface area contributed by atoms with Crippen LogP contribution in [0.3, 0.4) is 0 Å². The van der Waals surface area contributed by atoms with Crippen molar-refractivity contribution >= 4 is 29.3 Å². The molecule has 1 heterocycles. The molecule has 0 aromatic heterocycles. The van der Waals surface area contributed by atoms with Gasteiger partial charge in [-0.05, 0) is 64.2 Å². The molecule has 190 valence electrons. The number of fused-ring (bicyclic) bond motifs is 1. The van der Waals surface area contributed by atoms with E-state index in [4.69, 9.17) is 11.6 Å². The van der Waals surface area contributed by atoms with Crippen molar-refractivity contribution in [1.82, 2.24) is 9.80 Å². The quantitative estimate of drug-likeness (QED) is 0.165. The molecular weight excluding hydrogens is 458 g/mol. The Balaban J connectivity index is 1.34. The standard InChI is InChI=1S/C25H38ClN3O5/c26-18-10-12-19(13-11-18)27(23(30)17-6-5-7-20(16-17)29(33)34)14-3-4-15-28-24(31)21-8-1-2-9-22(21)25(28)32/h17-22H,1-16H2. The van der Waals surface area contributed by atoms with Gasteiger partial charge in [-0.15, -0.1) is 11.6 Å². The fourth-order valence-electron chi connectivity index (χ4n) is 6.64. The number of rotatable bonds is 8. The molecule has 3 amide bonds. The van der Waals surface area contributed by atoms with Crippen molar-refractivity contribution in [2.45, 2.75) is 107 Å². The summed E-state index contributed by atoms with van der Waals surface area (Å²) in [6.07, 6.45) is 10.8. The molecule has 4 aliphatic rings. The van der Waals surface area contributed by atoms with Gasteiger partial charge in [0, 0.05) is 48.2 Å². The molecular formula is C25H38ClN3O5. The Kier molecular flexibility index (Phi) is 8.48. The van der Waals surface area contributed by atoms with Gasteiger partial charge in [-0.1, -0.05) is 12.8 Å². The maximum absolute atomic E-state index is 13.5. The molecule has 34 heavy (non-hydrogen) atoms. The second kappa shape index (κ2) is 11.4. The Hall–Kier alpha value is -1.70. The van der Waals surface area contributed by atoms with Gasteiger partial charge < -0.3 is 4.90 Å². The van der Waals surface area contributed by atoms with Crippen molar-refractivity contribution < 1.29 is 19.3 Å². The number of alkyl halides is 1. The van der Waals surface area contributed by atoms with Gasteiger partial charge in [0.2, 0.25) is 23.8 Å². The van der Waals surface area contributed by atoms with Crippen LogP contribution in [0.4, 0.5) is 0 Å². The van der Waals surface area contributed by atoms with Crippen LogP contribution in [-0.2, 0) is 14.4 Å². The van der Waals surface area contributed by atoms with Crippen molar-refractivity contribution in [3.63, 3.8) is 0 Å². The molecule has 4 fully saturated rings. The predicted octanol–water partition coefficient (Wildman–Crippen LogP) is 4.16. The van der Waals surface area contributed by atoms with E-state index in [0.717, 1.165) is 51.4 Å². The van der Waals surface area contributed by atoms with E-state index < -0.39 is 6.04 Å². The second-order valence-corrected chi connectivity index (χ2v) is 11.4. The third-order valence-corrected chi connectivity index (χ3v) is 9.04. The van der Waals surface area contributed by atoms with E-state index >= 15 is 0 Å². The van der Waals surface area contributed by atoms with Crippen molar-refractivity contribution in [2.24, 2.45) is 17.8 Å². The first-order chi connectivity index (χ1) is 16.4. The normalized spacial score (nSPS) is 34.1. The first-order valence-corrected chi connectivity index (χ1v) is 13.7. The highest BCUT2D eigenvalue weighted by Crippen LogP contribution is 2.38. The van der Waals surface area contributed by atoms with Crippen LogP contribution >= 0.6 is 11.6 Å². The highest BCUT2D eigenvalue weighted by Gasteiger charge is 2.47. The molecule has 0 aromatic carbocycles. The molecule has 0 spiro atoms. The number of amides is 3. The molecule has 0 bridgehead atoms. The number of nitro groups is 1. The first-order valence-electron chi connectivity index (χ1n) is 13.3. The van der Waals surface area contributed by atoms with Crippen LogP contribution in [0, 0.1) is 27.9 Å². The summed E-state index contributed by atoms with van der Waals surface area (Å²) in [5, 5.41) is 11.5. The summed E-state index contributed by atoms with van der Waals surface area (Å²) in [6.45, 7) is 0.993. The van der Waals surface area contributed by atoms with Crippen LogP contribution in [0.15, 0.2) is 0 Å². The molecule has 9 heteroatoms. The molecule has 1 aliphatic heterocycles. The van der Waals surface area contributed by atoms with Crippen LogP contribution in [0.25, 0.3) is 0 Å². The molecule has 8 nitrogen and oxygen atoms in total. The predicted molar refractivity (Wildman–Crippen MR) is 128 cm³/mol. The van der Waals surface area contributed by atoms with Crippen molar-refractivity contribution in [1.29, 1.82) is 0 Å². The molecule has 4 atom stereocenters. The monoisotopic (exact) mass is 495 g/mol. The minimum atomic E-state index is -0.626. The van der Waals surface area contributed by atoms with Crippen LogP contribution in [-0.4, -0.2) is 63.0 Å².